The van der Waals surface area contributed by atoms with Crippen molar-refractivity contribution in [1.29, 1.82) is 0 Å². The monoisotopic (exact) mass is 425 g/mol. The second kappa shape index (κ2) is 10.6. The minimum atomic E-state index is -0.529. The molecule has 0 aliphatic heterocycles. The van der Waals surface area contributed by atoms with Crippen LogP contribution in [0.1, 0.15) is 22.3 Å². The Bertz CT molecular complexity index is 1190. The van der Waals surface area contributed by atoms with E-state index in [0.717, 1.165) is 36.2 Å². The summed E-state index contributed by atoms with van der Waals surface area (Å²) in [6.07, 6.45) is 4.98. The second-order valence-electron chi connectivity index (χ2n) is 7.83. The van der Waals surface area contributed by atoms with Crippen LogP contribution in [0.5, 0.6) is 0 Å². The summed E-state index contributed by atoms with van der Waals surface area (Å²) in [4.78, 5) is 15.0. The van der Waals surface area contributed by atoms with Crippen LogP contribution in [0.4, 0.5) is 0 Å². The first-order valence-corrected chi connectivity index (χ1v) is 10.8. The highest BCUT2D eigenvalue weighted by atomic mass is 16.5. The number of fused-ring (bicyclic) bond motifs is 1. The van der Waals surface area contributed by atoms with Crippen LogP contribution in [0.25, 0.3) is 16.5 Å². The van der Waals surface area contributed by atoms with Gasteiger partial charge < -0.3 is 10.3 Å². The Balaban J connectivity index is 1.35. The number of amides is 1. The van der Waals surface area contributed by atoms with Gasteiger partial charge in [0.05, 0.1) is 0 Å². The molecule has 0 saturated carbocycles. The number of aromatic amines is 1. The van der Waals surface area contributed by atoms with Crippen molar-refractivity contribution in [3.8, 4) is 0 Å². The van der Waals surface area contributed by atoms with E-state index in [1.54, 1.807) is 5.48 Å². The molecule has 0 aliphatic carbocycles. The molecule has 4 rings (SSSR count). The van der Waals surface area contributed by atoms with Gasteiger partial charge >= 0.3 is 0 Å². The summed E-state index contributed by atoms with van der Waals surface area (Å²) in [5, 5.41) is 13.7. The number of rotatable bonds is 9. The van der Waals surface area contributed by atoms with E-state index < -0.39 is 5.91 Å². The molecule has 4 aromatic rings. The summed E-state index contributed by atoms with van der Waals surface area (Å²) in [5.74, 6) is -0.529. The molecule has 1 heterocycles. The number of benzene rings is 3. The minimum absolute atomic E-state index is 0.529. The van der Waals surface area contributed by atoms with Crippen LogP contribution in [-0.2, 0) is 24.2 Å². The standard InChI is InChI=1S/C27H27N3O2/c31-27(30-32)18-25(16-20-4-2-1-3-5-20)23-9-7-22(8-10-23)19-28-14-12-21-6-11-24-13-15-29-26(24)17-21/h1-11,13,15,17-18,28-29,32H,12,14,16,19H2,(H,30,31)/b25-18+. The topological polar surface area (TPSA) is 77.2 Å². The van der Waals surface area contributed by atoms with E-state index in [9.17, 15) is 4.79 Å². The van der Waals surface area contributed by atoms with Gasteiger partial charge in [-0.1, -0.05) is 66.7 Å². The van der Waals surface area contributed by atoms with E-state index in [1.165, 1.54) is 28.1 Å². The van der Waals surface area contributed by atoms with Gasteiger partial charge in [0, 0.05) is 24.3 Å². The van der Waals surface area contributed by atoms with Crippen molar-refractivity contribution >= 4 is 22.4 Å². The van der Waals surface area contributed by atoms with Crippen LogP contribution < -0.4 is 10.8 Å². The highest BCUT2D eigenvalue weighted by molar-refractivity contribution is 5.94. The van der Waals surface area contributed by atoms with Crippen molar-refractivity contribution in [2.24, 2.45) is 0 Å². The molecular weight excluding hydrogens is 398 g/mol. The SMILES string of the molecule is O=C(/C=C(\Cc1ccccc1)c1ccc(CNCCc2ccc3cc[nH]c3c2)cc1)NO. The Morgan fingerprint density at radius 1 is 0.906 bits per heavy atom. The van der Waals surface area contributed by atoms with Gasteiger partial charge in [0.1, 0.15) is 0 Å². The van der Waals surface area contributed by atoms with E-state index in [0.29, 0.717) is 6.42 Å². The van der Waals surface area contributed by atoms with E-state index in [2.05, 4.69) is 46.7 Å². The number of carbonyl (C=O) groups is 1. The number of nitrogens with one attached hydrogen (secondary N) is 3. The average Bonchev–Trinajstić information content (AvgIpc) is 3.30. The molecule has 0 fully saturated rings. The molecule has 5 heteroatoms. The van der Waals surface area contributed by atoms with E-state index in [1.807, 2.05) is 48.7 Å². The number of aromatic nitrogens is 1. The maximum Gasteiger partial charge on any atom is 0.267 e. The zero-order valence-electron chi connectivity index (χ0n) is 17.8. The molecule has 0 aliphatic rings. The summed E-state index contributed by atoms with van der Waals surface area (Å²) < 4.78 is 0. The predicted molar refractivity (Wildman–Crippen MR) is 128 cm³/mol. The molecule has 0 radical (unpaired) electrons. The number of hydroxylamine groups is 1. The molecular formula is C27H27N3O2. The smallest absolute Gasteiger partial charge is 0.267 e. The Kier molecular flexibility index (Phi) is 7.12. The highest BCUT2D eigenvalue weighted by Gasteiger charge is 2.07. The second-order valence-corrected chi connectivity index (χ2v) is 7.83. The molecule has 1 amide bonds. The lowest BCUT2D eigenvalue weighted by Gasteiger charge is -2.10. The number of carbonyl (C=O) groups excluding carboxylic acids is 1. The summed E-state index contributed by atoms with van der Waals surface area (Å²) >= 11 is 0. The fourth-order valence-electron chi connectivity index (χ4n) is 3.80. The van der Waals surface area contributed by atoms with Crippen molar-refractivity contribution in [1.82, 2.24) is 15.8 Å². The van der Waals surface area contributed by atoms with Crippen LogP contribution in [0.2, 0.25) is 0 Å². The van der Waals surface area contributed by atoms with Crippen molar-refractivity contribution in [3.05, 3.63) is 113 Å². The summed E-state index contributed by atoms with van der Waals surface area (Å²) in [6, 6.07) is 26.8. The fraction of sp³-hybridized carbons (Fsp3) is 0.148. The molecule has 1 aromatic heterocycles. The van der Waals surface area contributed by atoms with Gasteiger partial charge in [-0.3, -0.25) is 10.0 Å². The van der Waals surface area contributed by atoms with Crippen LogP contribution in [0.3, 0.4) is 0 Å². The molecule has 3 aromatic carbocycles. The van der Waals surface area contributed by atoms with Gasteiger partial charge in [0.25, 0.3) is 5.91 Å². The maximum absolute atomic E-state index is 11.8. The van der Waals surface area contributed by atoms with Crippen molar-refractivity contribution < 1.29 is 10.0 Å². The largest absolute Gasteiger partial charge is 0.361 e. The van der Waals surface area contributed by atoms with Crippen molar-refractivity contribution in [3.63, 3.8) is 0 Å². The lowest BCUT2D eigenvalue weighted by molar-refractivity contribution is -0.124. The minimum Gasteiger partial charge on any atom is -0.361 e. The van der Waals surface area contributed by atoms with Crippen LogP contribution in [0.15, 0.2) is 91.1 Å². The molecule has 162 valence electrons. The lowest BCUT2D eigenvalue weighted by Crippen LogP contribution is -2.17. The van der Waals surface area contributed by atoms with Gasteiger partial charge in [-0.25, -0.2) is 5.48 Å². The molecule has 0 saturated heterocycles. The number of H-pyrrole nitrogens is 1. The Labute approximate surface area is 187 Å². The lowest BCUT2D eigenvalue weighted by atomic mass is 9.97. The first kappa shape index (κ1) is 21.6. The Morgan fingerprint density at radius 2 is 1.69 bits per heavy atom. The third-order valence-corrected chi connectivity index (χ3v) is 5.52. The van der Waals surface area contributed by atoms with E-state index in [-0.39, 0.29) is 0 Å². The third-order valence-electron chi connectivity index (χ3n) is 5.52. The van der Waals surface area contributed by atoms with E-state index >= 15 is 0 Å². The van der Waals surface area contributed by atoms with Crippen LogP contribution >= 0.6 is 0 Å². The number of hydrogen-bond donors (Lipinski definition) is 4. The molecule has 0 atom stereocenters. The number of hydrogen-bond acceptors (Lipinski definition) is 3. The Hall–Kier alpha value is -3.67. The van der Waals surface area contributed by atoms with Crippen molar-refractivity contribution in [2.45, 2.75) is 19.4 Å². The van der Waals surface area contributed by atoms with Gasteiger partial charge in [-0.05, 0) is 64.7 Å². The fourth-order valence-corrected chi connectivity index (χ4v) is 3.80. The van der Waals surface area contributed by atoms with Gasteiger partial charge in [-0.15, -0.1) is 0 Å². The molecule has 5 nitrogen and oxygen atoms in total. The van der Waals surface area contributed by atoms with Crippen molar-refractivity contribution in [2.75, 3.05) is 6.54 Å². The quantitative estimate of drug-likeness (QED) is 0.137. The molecule has 0 unspecified atom stereocenters. The first-order valence-electron chi connectivity index (χ1n) is 10.8. The summed E-state index contributed by atoms with van der Waals surface area (Å²) in [5.41, 5.74) is 8.26. The first-order chi connectivity index (χ1) is 15.7. The predicted octanol–water partition coefficient (Wildman–Crippen LogP) is 4.63. The summed E-state index contributed by atoms with van der Waals surface area (Å²) in [7, 11) is 0. The highest BCUT2D eigenvalue weighted by Crippen LogP contribution is 2.21. The van der Waals surface area contributed by atoms with Crippen LogP contribution in [-0.4, -0.2) is 22.6 Å². The molecule has 32 heavy (non-hydrogen) atoms. The Morgan fingerprint density at radius 3 is 2.47 bits per heavy atom. The van der Waals surface area contributed by atoms with Gasteiger partial charge in [-0.2, -0.15) is 0 Å². The van der Waals surface area contributed by atoms with Gasteiger partial charge in [0.2, 0.25) is 0 Å². The zero-order chi connectivity index (χ0) is 22.2. The maximum atomic E-state index is 11.8. The summed E-state index contributed by atoms with van der Waals surface area (Å²) in [6.45, 7) is 1.67. The normalized spacial score (nSPS) is 11.6. The molecule has 4 N–H and O–H groups in total. The van der Waals surface area contributed by atoms with Gasteiger partial charge in [0.15, 0.2) is 0 Å². The van der Waals surface area contributed by atoms with E-state index in [4.69, 9.17) is 5.21 Å². The average molecular weight is 426 g/mol. The van der Waals surface area contributed by atoms with Crippen LogP contribution in [0, 0.1) is 0 Å². The third kappa shape index (κ3) is 5.72. The number of allylic oxidation sites excluding steroid dienone is 1. The zero-order valence-corrected chi connectivity index (χ0v) is 17.8. The molecule has 0 bridgehead atoms. The molecule has 0 spiro atoms.